The lowest BCUT2D eigenvalue weighted by molar-refractivity contribution is -0.385. The Morgan fingerprint density at radius 1 is 0.919 bits per heavy atom. The molecule has 3 aromatic carbocycles. The van der Waals surface area contributed by atoms with E-state index in [1.807, 2.05) is 13.8 Å². The molecule has 194 valence electrons. The first-order valence-electron chi connectivity index (χ1n) is 11.4. The van der Waals surface area contributed by atoms with Crippen LogP contribution in [0.3, 0.4) is 0 Å². The summed E-state index contributed by atoms with van der Waals surface area (Å²) in [5.74, 6) is -0.0956. The molecule has 0 aliphatic carbocycles. The Balaban J connectivity index is 2.02. The zero-order valence-electron chi connectivity index (χ0n) is 20.3. The molecule has 0 spiro atoms. The van der Waals surface area contributed by atoms with Gasteiger partial charge in [0.2, 0.25) is 0 Å². The van der Waals surface area contributed by atoms with Crippen LogP contribution in [0.1, 0.15) is 24.2 Å². The van der Waals surface area contributed by atoms with Gasteiger partial charge in [-0.2, -0.15) is 0 Å². The Kier molecular flexibility index (Phi) is 8.99. The number of nitrogens with zero attached hydrogens (tertiary/aromatic N) is 4. The third kappa shape index (κ3) is 6.72. The molecule has 0 aliphatic rings. The van der Waals surface area contributed by atoms with Crippen molar-refractivity contribution in [1.82, 2.24) is 4.90 Å². The van der Waals surface area contributed by atoms with Gasteiger partial charge in [0.25, 0.3) is 17.3 Å². The predicted octanol–water partition coefficient (Wildman–Crippen LogP) is 5.52. The van der Waals surface area contributed by atoms with Crippen LogP contribution >= 0.6 is 11.6 Å². The Bertz CT molecular complexity index is 1280. The van der Waals surface area contributed by atoms with Crippen molar-refractivity contribution < 1.29 is 19.4 Å². The van der Waals surface area contributed by atoms with Crippen LogP contribution < -0.4 is 15.4 Å². The molecule has 0 saturated heterocycles. The van der Waals surface area contributed by atoms with E-state index in [-0.39, 0.29) is 45.7 Å². The molecule has 2 N–H and O–H groups in total. The second kappa shape index (κ2) is 12.2. The highest BCUT2D eigenvalue weighted by Crippen LogP contribution is 2.34. The molecule has 12 heteroatoms. The summed E-state index contributed by atoms with van der Waals surface area (Å²) in [7, 11) is 0. The lowest BCUT2D eigenvalue weighted by atomic mass is 10.1. The van der Waals surface area contributed by atoms with E-state index in [1.54, 1.807) is 0 Å². The van der Waals surface area contributed by atoms with Gasteiger partial charge in [-0.15, -0.1) is 0 Å². The Morgan fingerprint density at radius 2 is 1.46 bits per heavy atom. The van der Waals surface area contributed by atoms with E-state index in [2.05, 4.69) is 4.90 Å². The van der Waals surface area contributed by atoms with Gasteiger partial charge in [-0.1, -0.05) is 25.4 Å². The first-order valence-corrected chi connectivity index (χ1v) is 11.8. The average molecular weight is 528 g/mol. The number of carbonyl (C=O) groups is 1. The Labute approximate surface area is 218 Å². The lowest BCUT2D eigenvalue weighted by Crippen LogP contribution is -2.39. The number of ether oxygens (including phenoxy) is 1. The molecule has 0 fully saturated rings. The fraction of sp³-hybridized carbons (Fsp3) is 0.240. The number of hydrogen-bond donors (Lipinski definition) is 1. The quantitative estimate of drug-likeness (QED) is 0.195. The number of hydrogen-bond acceptors (Lipinski definition) is 8. The van der Waals surface area contributed by atoms with Gasteiger partial charge in [0.15, 0.2) is 0 Å². The standard InChI is InChI=1S/C25H26ClN5O6/c1-3-28(4-2)13-14-29(17-5-7-18(8-6-17)30(33)34)25(32)21-15-22(26)23(27)16-24(21)37-20-11-9-19(10-12-20)31(35)36/h5-12,15-16H,3-4,13-14,27H2,1-2H3. The van der Waals surface area contributed by atoms with Gasteiger partial charge >= 0.3 is 0 Å². The largest absolute Gasteiger partial charge is 0.456 e. The van der Waals surface area contributed by atoms with E-state index in [0.29, 0.717) is 12.2 Å². The number of carbonyl (C=O) groups excluding carboxylic acids is 1. The minimum Gasteiger partial charge on any atom is -0.456 e. The van der Waals surface area contributed by atoms with Crippen LogP contribution in [0, 0.1) is 20.2 Å². The third-order valence-electron chi connectivity index (χ3n) is 5.76. The molecule has 0 heterocycles. The molecule has 3 aromatic rings. The fourth-order valence-electron chi connectivity index (χ4n) is 3.61. The summed E-state index contributed by atoms with van der Waals surface area (Å²) in [6.45, 7) is 6.42. The average Bonchev–Trinajstić information content (AvgIpc) is 2.89. The zero-order valence-corrected chi connectivity index (χ0v) is 21.1. The number of non-ortho nitro benzene ring substituents is 2. The molecule has 0 atom stereocenters. The van der Waals surface area contributed by atoms with Crippen LogP contribution in [-0.4, -0.2) is 46.8 Å². The van der Waals surface area contributed by atoms with Gasteiger partial charge in [0.05, 0.1) is 26.1 Å². The van der Waals surface area contributed by atoms with Crippen LogP contribution in [0.15, 0.2) is 60.7 Å². The highest BCUT2D eigenvalue weighted by molar-refractivity contribution is 6.33. The van der Waals surface area contributed by atoms with Crippen molar-refractivity contribution in [2.24, 2.45) is 0 Å². The molecule has 3 rings (SSSR count). The normalized spacial score (nSPS) is 10.8. The van der Waals surface area contributed by atoms with Crippen LogP contribution in [0.5, 0.6) is 11.5 Å². The van der Waals surface area contributed by atoms with Crippen molar-refractivity contribution in [1.29, 1.82) is 0 Å². The van der Waals surface area contributed by atoms with Gasteiger partial charge in [0, 0.05) is 49.1 Å². The number of halogens is 1. The van der Waals surface area contributed by atoms with E-state index >= 15 is 0 Å². The van der Waals surface area contributed by atoms with Gasteiger partial charge in [-0.25, -0.2) is 0 Å². The summed E-state index contributed by atoms with van der Waals surface area (Å²) in [6.07, 6.45) is 0. The second-order valence-corrected chi connectivity index (χ2v) is 8.39. The number of rotatable bonds is 11. The molecular formula is C25H26ClN5O6. The predicted molar refractivity (Wildman–Crippen MR) is 142 cm³/mol. The molecule has 0 radical (unpaired) electrons. The summed E-state index contributed by atoms with van der Waals surface area (Å²) >= 11 is 6.26. The summed E-state index contributed by atoms with van der Waals surface area (Å²) in [4.78, 5) is 38.5. The lowest BCUT2D eigenvalue weighted by Gasteiger charge is -2.27. The maximum Gasteiger partial charge on any atom is 0.269 e. The number of nitrogens with two attached hydrogens (primary N) is 1. The van der Waals surface area contributed by atoms with Crippen molar-refractivity contribution in [2.75, 3.05) is 36.8 Å². The molecule has 0 aliphatic heterocycles. The summed E-state index contributed by atoms with van der Waals surface area (Å²) in [6, 6.07) is 13.9. The number of amides is 1. The number of likely N-dealkylation sites (N-methyl/N-ethyl adjacent to an activating group) is 1. The van der Waals surface area contributed by atoms with Crippen molar-refractivity contribution >= 4 is 40.3 Å². The molecule has 1 amide bonds. The van der Waals surface area contributed by atoms with Crippen LogP contribution in [0.4, 0.5) is 22.7 Å². The van der Waals surface area contributed by atoms with Gasteiger partial charge in [-0.05, 0) is 43.4 Å². The van der Waals surface area contributed by atoms with Gasteiger partial charge in [0.1, 0.15) is 11.5 Å². The maximum absolute atomic E-state index is 13.9. The molecule has 0 aromatic heterocycles. The molecule has 0 saturated carbocycles. The summed E-state index contributed by atoms with van der Waals surface area (Å²) in [5.41, 5.74) is 6.51. The van der Waals surface area contributed by atoms with Crippen molar-refractivity contribution in [2.45, 2.75) is 13.8 Å². The number of anilines is 2. The van der Waals surface area contributed by atoms with Crippen molar-refractivity contribution in [3.8, 4) is 11.5 Å². The molecular weight excluding hydrogens is 502 g/mol. The first kappa shape index (κ1) is 27.4. The zero-order chi connectivity index (χ0) is 27.1. The Morgan fingerprint density at radius 3 is 1.97 bits per heavy atom. The topological polar surface area (TPSA) is 145 Å². The van der Waals surface area contributed by atoms with Gasteiger partial charge < -0.3 is 20.3 Å². The van der Waals surface area contributed by atoms with E-state index in [9.17, 15) is 25.0 Å². The number of nitrogen functional groups attached to an aromatic ring is 1. The fourth-order valence-corrected chi connectivity index (χ4v) is 3.78. The number of benzene rings is 3. The second-order valence-electron chi connectivity index (χ2n) is 7.98. The minimum absolute atomic E-state index is 0.0994. The molecule has 37 heavy (non-hydrogen) atoms. The number of nitro benzene ring substituents is 2. The monoisotopic (exact) mass is 527 g/mol. The Hall–Kier alpha value is -4.22. The third-order valence-corrected chi connectivity index (χ3v) is 6.08. The van der Waals surface area contributed by atoms with E-state index in [0.717, 1.165) is 13.1 Å². The smallest absolute Gasteiger partial charge is 0.269 e. The summed E-state index contributed by atoms with van der Waals surface area (Å²) < 4.78 is 5.90. The molecule has 0 bridgehead atoms. The highest BCUT2D eigenvalue weighted by Gasteiger charge is 2.24. The van der Waals surface area contributed by atoms with Gasteiger partial charge in [-0.3, -0.25) is 25.0 Å². The van der Waals surface area contributed by atoms with E-state index in [1.165, 1.54) is 65.6 Å². The van der Waals surface area contributed by atoms with Crippen molar-refractivity contribution in [3.63, 3.8) is 0 Å². The van der Waals surface area contributed by atoms with E-state index < -0.39 is 15.8 Å². The molecule has 0 unspecified atom stereocenters. The highest BCUT2D eigenvalue weighted by atomic mass is 35.5. The van der Waals surface area contributed by atoms with E-state index in [4.69, 9.17) is 22.1 Å². The summed E-state index contributed by atoms with van der Waals surface area (Å²) in [5, 5.41) is 22.2. The van der Waals surface area contributed by atoms with Crippen LogP contribution in [0.2, 0.25) is 5.02 Å². The first-order chi connectivity index (χ1) is 17.6. The molecule has 11 nitrogen and oxygen atoms in total. The number of nitro groups is 2. The SMILES string of the molecule is CCN(CC)CCN(C(=O)c1cc(Cl)c(N)cc1Oc1ccc([N+](=O)[O-])cc1)c1ccc([N+](=O)[O-])cc1. The van der Waals surface area contributed by atoms with Crippen molar-refractivity contribution in [3.05, 3.63) is 91.5 Å². The minimum atomic E-state index is -0.531. The maximum atomic E-state index is 13.9. The van der Waals surface area contributed by atoms with Crippen LogP contribution in [-0.2, 0) is 0 Å². The van der Waals surface area contributed by atoms with Crippen LogP contribution in [0.25, 0.3) is 0 Å².